The number of anilines is 1. The van der Waals surface area contributed by atoms with E-state index < -0.39 is 28.5 Å². The molecule has 0 saturated heterocycles. The van der Waals surface area contributed by atoms with E-state index in [2.05, 4.69) is 5.32 Å². The van der Waals surface area contributed by atoms with E-state index in [9.17, 15) is 18.0 Å². The third-order valence-electron chi connectivity index (χ3n) is 7.91. The van der Waals surface area contributed by atoms with Gasteiger partial charge in [-0.25, -0.2) is 8.42 Å². The first-order chi connectivity index (χ1) is 21.8. The minimum atomic E-state index is -4.16. The molecule has 242 valence electrons. The van der Waals surface area contributed by atoms with Gasteiger partial charge in [0.15, 0.2) is 0 Å². The van der Waals surface area contributed by atoms with Crippen LogP contribution in [0.1, 0.15) is 47.2 Å². The molecule has 8 heteroatoms. The summed E-state index contributed by atoms with van der Waals surface area (Å²) in [5.41, 5.74) is 5.70. The van der Waals surface area contributed by atoms with Crippen LogP contribution in [0.5, 0.6) is 0 Å². The van der Waals surface area contributed by atoms with E-state index in [1.54, 1.807) is 35.2 Å². The number of benzene rings is 4. The highest BCUT2D eigenvalue weighted by atomic mass is 32.2. The van der Waals surface area contributed by atoms with Gasteiger partial charge in [-0.2, -0.15) is 0 Å². The summed E-state index contributed by atoms with van der Waals surface area (Å²) < 4.78 is 29.8. The Hall–Kier alpha value is -4.43. The molecule has 0 heterocycles. The molecule has 0 radical (unpaired) electrons. The lowest BCUT2D eigenvalue weighted by Gasteiger charge is -2.34. The first-order valence-electron chi connectivity index (χ1n) is 15.7. The zero-order chi connectivity index (χ0) is 33.4. The van der Waals surface area contributed by atoms with Gasteiger partial charge in [-0.05, 0) is 74.1 Å². The number of nitrogens with one attached hydrogen (secondary N) is 1. The summed E-state index contributed by atoms with van der Waals surface area (Å²) in [6.45, 7) is 11.7. The topological polar surface area (TPSA) is 86.8 Å². The van der Waals surface area contributed by atoms with E-state index in [0.29, 0.717) is 12.2 Å². The second-order valence-electron chi connectivity index (χ2n) is 12.5. The van der Waals surface area contributed by atoms with Gasteiger partial charge in [0.2, 0.25) is 11.8 Å². The van der Waals surface area contributed by atoms with Crippen LogP contribution in [0.25, 0.3) is 0 Å². The standard InChI is InChI=1S/C38H45N3O4S/c1-27(2)24-39-38(43)36(23-32-12-8-7-9-13-32)40(25-33-14-10-11-29(4)21-33)37(42)26-41(35-22-30(5)15-18-31(35)6)46(44,45)34-19-16-28(3)17-20-34/h7-22,27,36H,23-26H2,1-6H3,(H,39,43)/t36-/m0/s1. The molecule has 4 aromatic carbocycles. The predicted molar refractivity (Wildman–Crippen MR) is 185 cm³/mol. The highest BCUT2D eigenvalue weighted by Gasteiger charge is 2.35. The number of rotatable bonds is 13. The van der Waals surface area contributed by atoms with Gasteiger partial charge in [0, 0.05) is 19.5 Å². The third kappa shape index (κ3) is 8.85. The van der Waals surface area contributed by atoms with Gasteiger partial charge < -0.3 is 10.2 Å². The fourth-order valence-corrected chi connectivity index (χ4v) is 6.79. The van der Waals surface area contributed by atoms with Gasteiger partial charge in [0.1, 0.15) is 12.6 Å². The largest absolute Gasteiger partial charge is 0.354 e. The Balaban J connectivity index is 1.83. The zero-order valence-corrected chi connectivity index (χ0v) is 28.5. The van der Waals surface area contributed by atoms with Gasteiger partial charge in [-0.1, -0.05) is 104 Å². The first-order valence-corrected chi connectivity index (χ1v) is 17.1. The second kappa shape index (κ2) is 15.2. The Bertz CT molecular complexity index is 1750. The van der Waals surface area contributed by atoms with Crippen LogP contribution < -0.4 is 9.62 Å². The van der Waals surface area contributed by atoms with E-state index in [1.807, 2.05) is 108 Å². The van der Waals surface area contributed by atoms with Gasteiger partial charge in [0.25, 0.3) is 10.0 Å². The average Bonchev–Trinajstić information content (AvgIpc) is 3.02. The number of carbonyl (C=O) groups excluding carboxylic acids is 2. The number of hydrogen-bond donors (Lipinski definition) is 1. The van der Waals surface area contributed by atoms with Crippen molar-refractivity contribution < 1.29 is 18.0 Å². The summed E-state index contributed by atoms with van der Waals surface area (Å²) in [4.78, 5) is 30.2. The Kier molecular flexibility index (Phi) is 11.4. The van der Waals surface area contributed by atoms with Crippen molar-refractivity contribution in [1.82, 2.24) is 10.2 Å². The van der Waals surface area contributed by atoms with Crippen molar-refractivity contribution in [3.8, 4) is 0 Å². The van der Waals surface area contributed by atoms with Crippen molar-refractivity contribution in [1.29, 1.82) is 0 Å². The molecule has 4 rings (SSSR count). The molecule has 0 aliphatic heterocycles. The lowest BCUT2D eigenvalue weighted by atomic mass is 10.0. The summed E-state index contributed by atoms with van der Waals surface area (Å²) in [5.74, 6) is -0.543. The smallest absolute Gasteiger partial charge is 0.264 e. The van der Waals surface area contributed by atoms with Crippen molar-refractivity contribution in [2.24, 2.45) is 5.92 Å². The van der Waals surface area contributed by atoms with Gasteiger partial charge in [-0.15, -0.1) is 0 Å². The lowest BCUT2D eigenvalue weighted by molar-refractivity contribution is -0.140. The fraction of sp³-hybridized carbons (Fsp3) is 0.316. The van der Waals surface area contributed by atoms with Crippen LogP contribution in [-0.4, -0.2) is 44.3 Å². The van der Waals surface area contributed by atoms with E-state index in [-0.39, 0.29) is 29.7 Å². The van der Waals surface area contributed by atoms with Crippen LogP contribution in [0, 0.1) is 33.6 Å². The normalized spacial score (nSPS) is 12.1. The molecular formula is C38H45N3O4S. The van der Waals surface area contributed by atoms with Crippen LogP contribution >= 0.6 is 0 Å². The molecule has 7 nitrogen and oxygen atoms in total. The summed E-state index contributed by atoms with van der Waals surface area (Å²) in [7, 11) is -4.16. The van der Waals surface area contributed by atoms with Crippen molar-refractivity contribution in [3.05, 3.63) is 130 Å². The maximum atomic E-state index is 14.7. The Morgan fingerprint density at radius 3 is 2.02 bits per heavy atom. The van der Waals surface area contributed by atoms with Crippen molar-refractivity contribution in [3.63, 3.8) is 0 Å². The van der Waals surface area contributed by atoms with Crippen LogP contribution in [0.2, 0.25) is 0 Å². The molecule has 1 atom stereocenters. The Morgan fingerprint density at radius 1 is 0.739 bits per heavy atom. The average molecular weight is 640 g/mol. The summed E-state index contributed by atoms with van der Waals surface area (Å²) in [6.07, 6.45) is 0.274. The summed E-state index contributed by atoms with van der Waals surface area (Å²) in [5, 5.41) is 3.03. The monoisotopic (exact) mass is 639 g/mol. The summed E-state index contributed by atoms with van der Waals surface area (Å²) >= 11 is 0. The SMILES string of the molecule is Cc1ccc(S(=O)(=O)N(CC(=O)N(Cc2cccc(C)c2)[C@@H](Cc2ccccc2)C(=O)NCC(C)C)c2cc(C)ccc2C)cc1. The molecular weight excluding hydrogens is 595 g/mol. The fourth-order valence-electron chi connectivity index (χ4n) is 5.32. The Labute approximate surface area is 274 Å². The minimum absolute atomic E-state index is 0.0903. The number of sulfonamides is 1. The van der Waals surface area contributed by atoms with Crippen molar-refractivity contribution in [2.45, 2.75) is 65.4 Å². The first kappa shape index (κ1) is 34.4. The molecule has 0 fully saturated rings. The quantitative estimate of drug-likeness (QED) is 0.180. The lowest BCUT2D eigenvalue weighted by Crippen LogP contribution is -2.53. The van der Waals surface area contributed by atoms with Gasteiger partial charge >= 0.3 is 0 Å². The minimum Gasteiger partial charge on any atom is -0.354 e. The van der Waals surface area contributed by atoms with Gasteiger partial charge in [-0.3, -0.25) is 13.9 Å². The maximum Gasteiger partial charge on any atom is 0.264 e. The zero-order valence-electron chi connectivity index (χ0n) is 27.7. The van der Waals surface area contributed by atoms with Crippen molar-refractivity contribution in [2.75, 3.05) is 17.4 Å². The van der Waals surface area contributed by atoms with Crippen LogP contribution in [-0.2, 0) is 32.6 Å². The molecule has 1 N–H and O–H groups in total. The van der Waals surface area contributed by atoms with E-state index >= 15 is 0 Å². The molecule has 4 aromatic rings. The summed E-state index contributed by atoms with van der Waals surface area (Å²) in [6, 6.07) is 28.7. The Morgan fingerprint density at radius 2 is 1.37 bits per heavy atom. The maximum absolute atomic E-state index is 14.7. The van der Waals surface area contributed by atoms with E-state index in [4.69, 9.17) is 0 Å². The third-order valence-corrected chi connectivity index (χ3v) is 9.69. The molecule has 46 heavy (non-hydrogen) atoms. The van der Waals surface area contributed by atoms with Gasteiger partial charge in [0.05, 0.1) is 10.6 Å². The number of carbonyl (C=O) groups is 2. The molecule has 0 saturated carbocycles. The van der Waals surface area contributed by atoms with Crippen molar-refractivity contribution >= 4 is 27.5 Å². The molecule has 0 unspecified atom stereocenters. The molecule has 0 bridgehead atoms. The highest BCUT2D eigenvalue weighted by molar-refractivity contribution is 7.92. The second-order valence-corrected chi connectivity index (χ2v) is 14.3. The van der Waals surface area contributed by atoms with Crippen LogP contribution in [0.15, 0.2) is 102 Å². The number of aryl methyl sites for hydroxylation is 4. The number of nitrogens with zero attached hydrogens (tertiary/aromatic N) is 2. The molecule has 0 aliphatic carbocycles. The molecule has 0 aliphatic rings. The highest BCUT2D eigenvalue weighted by Crippen LogP contribution is 2.29. The van der Waals surface area contributed by atoms with Crippen LogP contribution in [0.4, 0.5) is 5.69 Å². The van der Waals surface area contributed by atoms with E-state index in [1.165, 1.54) is 4.31 Å². The van der Waals surface area contributed by atoms with E-state index in [0.717, 1.165) is 33.4 Å². The number of amides is 2. The molecule has 2 amide bonds. The molecule has 0 spiro atoms. The molecule has 0 aromatic heterocycles. The number of hydrogen-bond acceptors (Lipinski definition) is 4. The van der Waals surface area contributed by atoms with Crippen LogP contribution in [0.3, 0.4) is 0 Å². The predicted octanol–water partition coefficient (Wildman–Crippen LogP) is 6.53.